The minimum absolute atomic E-state index is 0.192. The van der Waals surface area contributed by atoms with Crippen LogP contribution in [0.4, 0.5) is 0 Å². The van der Waals surface area contributed by atoms with Gasteiger partial charge in [-0.15, -0.1) is 0 Å². The zero-order valence-corrected chi connectivity index (χ0v) is 13.8. The Bertz CT molecular complexity index is 811. The van der Waals surface area contributed by atoms with Gasteiger partial charge in [-0.25, -0.2) is 0 Å². The van der Waals surface area contributed by atoms with Crippen LogP contribution in [-0.4, -0.2) is 13.2 Å². The molecule has 0 fully saturated rings. The summed E-state index contributed by atoms with van der Waals surface area (Å²) in [6, 6.07) is 23.1. The first-order valence-corrected chi connectivity index (χ1v) is 8.71. The molecule has 0 saturated heterocycles. The number of rotatable bonds is 5. The number of hydrogen-bond donors (Lipinski definition) is 0. The Morgan fingerprint density at radius 2 is 1.58 bits per heavy atom. The van der Waals surface area contributed by atoms with Gasteiger partial charge in [0.25, 0.3) is 0 Å². The molecular weight excluding hydrogens is 296 g/mol. The molecule has 0 spiro atoms. The molecule has 0 N–H and O–H groups in total. The van der Waals surface area contributed by atoms with E-state index in [4.69, 9.17) is 9.47 Å². The third kappa shape index (κ3) is 3.29. The second kappa shape index (κ2) is 7.06. The van der Waals surface area contributed by atoms with Crippen molar-refractivity contribution in [3.63, 3.8) is 0 Å². The highest BCUT2D eigenvalue weighted by Gasteiger charge is 2.21. The predicted molar refractivity (Wildman–Crippen MR) is 97.5 cm³/mol. The summed E-state index contributed by atoms with van der Waals surface area (Å²) < 4.78 is 11.9. The Labute approximate surface area is 143 Å². The van der Waals surface area contributed by atoms with Gasteiger partial charge in [0.2, 0.25) is 0 Å². The smallest absolute Gasteiger partial charge is 0.119 e. The normalized spacial score (nSPS) is 16.8. The van der Waals surface area contributed by atoms with Gasteiger partial charge in [-0.05, 0) is 59.4 Å². The van der Waals surface area contributed by atoms with Gasteiger partial charge in [-0.3, -0.25) is 0 Å². The number of hydrogen-bond acceptors (Lipinski definition) is 2. The quantitative estimate of drug-likeness (QED) is 0.593. The fourth-order valence-electron chi connectivity index (χ4n) is 3.49. The van der Waals surface area contributed by atoms with Crippen molar-refractivity contribution in [1.29, 1.82) is 0 Å². The molecule has 0 amide bonds. The Hall–Kier alpha value is -2.32. The van der Waals surface area contributed by atoms with Gasteiger partial charge < -0.3 is 9.47 Å². The fraction of sp³-hybridized carbons (Fsp3) is 0.273. The average molecular weight is 318 g/mol. The van der Waals surface area contributed by atoms with Gasteiger partial charge in [-0.1, -0.05) is 48.5 Å². The molecule has 1 atom stereocenters. The van der Waals surface area contributed by atoms with Crippen molar-refractivity contribution in [3.05, 3.63) is 77.9 Å². The van der Waals surface area contributed by atoms with Gasteiger partial charge in [0.1, 0.15) is 12.4 Å². The van der Waals surface area contributed by atoms with Crippen molar-refractivity contribution in [2.75, 3.05) is 13.2 Å². The zero-order valence-electron chi connectivity index (χ0n) is 13.8. The van der Waals surface area contributed by atoms with E-state index < -0.39 is 0 Å². The first-order chi connectivity index (χ1) is 11.9. The van der Waals surface area contributed by atoms with Crippen LogP contribution in [0.15, 0.2) is 66.7 Å². The highest BCUT2D eigenvalue weighted by molar-refractivity contribution is 5.84. The third-order valence-electron chi connectivity index (χ3n) is 4.68. The predicted octanol–water partition coefficient (Wildman–Crippen LogP) is 5.31. The summed E-state index contributed by atoms with van der Waals surface area (Å²) >= 11 is 0. The van der Waals surface area contributed by atoms with E-state index in [1.165, 1.54) is 28.3 Å². The molecule has 4 rings (SSSR count). The van der Waals surface area contributed by atoms with Crippen molar-refractivity contribution in [2.45, 2.75) is 25.4 Å². The van der Waals surface area contributed by atoms with E-state index in [1.807, 2.05) is 30.3 Å². The molecule has 0 bridgehead atoms. The van der Waals surface area contributed by atoms with E-state index in [0.717, 1.165) is 18.6 Å². The van der Waals surface area contributed by atoms with Gasteiger partial charge in [0.15, 0.2) is 0 Å². The Kier molecular flexibility index (Phi) is 4.48. The summed E-state index contributed by atoms with van der Waals surface area (Å²) in [6.07, 6.45) is 3.63. The maximum atomic E-state index is 6.16. The molecule has 3 aromatic rings. The lowest BCUT2D eigenvalue weighted by atomic mass is 9.87. The summed E-state index contributed by atoms with van der Waals surface area (Å²) in [6.45, 7) is 1.20. The molecule has 0 radical (unpaired) electrons. The molecule has 3 aromatic carbocycles. The second-order valence-corrected chi connectivity index (χ2v) is 6.31. The minimum Gasteiger partial charge on any atom is -0.491 e. The van der Waals surface area contributed by atoms with Crippen LogP contribution in [0.25, 0.3) is 10.8 Å². The van der Waals surface area contributed by atoms with E-state index in [1.54, 1.807) is 0 Å². The van der Waals surface area contributed by atoms with Crippen LogP contribution in [0.2, 0.25) is 0 Å². The number of benzene rings is 3. The minimum atomic E-state index is 0.192. The van der Waals surface area contributed by atoms with Crippen LogP contribution in [0, 0.1) is 0 Å². The van der Waals surface area contributed by atoms with Gasteiger partial charge in [0, 0.05) is 0 Å². The molecule has 1 unspecified atom stereocenters. The average Bonchev–Trinajstić information content (AvgIpc) is 2.64. The Morgan fingerprint density at radius 1 is 0.833 bits per heavy atom. The van der Waals surface area contributed by atoms with Crippen LogP contribution < -0.4 is 4.74 Å². The molecule has 2 heteroatoms. The second-order valence-electron chi connectivity index (χ2n) is 6.31. The van der Waals surface area contributed by atoms with Crippen LogP contribution in [0.5, 0.6) is 5.75 Å². The number of para-hydroxylation sites is 1. The van der Waals surface area contributed by atoms with Crippen molar-refractivity contribution in [2.24, 2.45) is 0 Å². The monoisotopic (exact) mass is 318 g/mol. The molecule has 0 aromatic heterocycles. The summed E-state index contributed by atoms with van der Waals surface area (Å²) in [7, 11) is 0. The van der Waals surface area contributed by atoms with Gasteiger partial charge in [-0.2, -0.15) is 0 Å². The van der Waals surface area contributed by atoms with Crippen molar-refractivity contribution in [3.8, 4) is 5.75 Å². The Balaban J connectivity index is 1.43. The fourth-order valence-corrected chi connectivity index (χ4v) is 3.49. The lowest BCUT2D eigenvalue weighted by Crippen LogP contribution is -2.16. The van der Waals surface area contributed by atoms with Crippen molar-refractivity contribution in [1.82, 2.24) is 0 Å². The molecule has 2 nitrogen and oxygen atoms in total. The van der Waals surface area contributed by atoms with Crippen molar-refractivity contribution >= 4 is 10.8 Å². The third-order valence-corrected chi connectivity index (χ3v) is 4.68. The number of ether oxygens (including phenoxy) is 2. The maximum Gasteiger partial charge on any atom is 0.119 e. The van der Waals surface area contributed by atoms with Gasteiger partial charge in [0.05, 0.1) is 12.7 Å². The topological polar surface area (TPSA) is 18.5 Å². The Morgan fingerprint density at radius 3 is 2.42 bits per heavy atom. The van der Waals surface area contributed by atoms with Crippen LogP contribution in [-0.2, 0) is 11.2 Å². The van der Waals surface area contributed by atoms with E-state index in [9.17, 15) is 0 Å². The van der Waals surface area contributed by atoms with E-state index in [2.05, 4.69) is 36.4 Å². The zero-order chi connectivity index (χ0) is 16.2. The highest BCUT2D eigenvalue weighted by atomic mass is 16.5. The SMILES string of the molecule is c1ccc(OCCOC2CCCc3cc4ccccc4cc32)cc1. The molecule has 0 aliphatic heterocycles. The summed E-state index contributed by atoms with van der Waals surface area (Å²) in [5, 5.41) is 2.62. The summed E-state index contributed by atoms with van der Waals surface area (Å²) in [5.41, 5.74) is 2.80. The lowest BCUT2D eigenvalue weighted by molar-refractivity contribution is 0.0230. The molecule has 0 saturated carbocycles. The van der Waals surface area contributed by atoms with E-state index in [-0.39, 0.29) is 6.10 Å². The van der Waals surface area contributed by atoms with E-state index >= 15 is 0 Å². The lowest BCUT2D eigenvalue weighted by Gasteiger charge is -2.26. The highest BCUT2D eigenvalue weighted by Crippen LogP contribution is 2.35. The van der Waals surface area contributed by atoms with Gasteiger partial charge >= 0.3 is 0 Å². The van der Waals surface area contributed by atoms with Crippen LogP contribution in [0.1, 0.15) is 30.1 Å². The van der Waals surface area contributed by atoms with Crippen molar-refractivity contribution < 1.29 is 9.47 Å². The standard InChI is InChI=1S/C22H22O2/c1-2-10-20(11-3-1)23-13-14-24-22-12-6-9-19-15-17-7-4-5-8-18(17)16-21(19)22/h1-5,7-8,10-11,15-16,22H,6,9,12-14H2. The molecule has 1 aliphatic rings. The maximum absolute atomic E-state index is 6.16. The van der Waals surface area contributed by atoms with Crippen LogP contribution in [0.3, 0.4) is 0 Å². The first-order valence-electron chi connectivity index (χ1n) is 8.71. The number of aryl methyl sites for hydroxylation is 1. The summed E-state index contributed by atoms with van der Waals surface area (Å²) in [5.74, 6) is 0.899. The van der Waals surface area contributed by atoms with E-state index in [0.29, 0.717) is 13.2 Å². The van der Waals surface area contributed by atoms with Crippen LogP contribution >= 0.6 is 0 Å². The molecule has 0 heterocycles. The summed E-state index contributed by atoms with van der Waals surface area (Å²) in [4.78, 5) is 0. The molecule has 24 heavy (non-hydrogen) atoms. The molecule has 122 valence electrons. The molecule has 1 aliphatic carbocycles. The molecular formula is C22H22O2. The first kappa shape index (κ1) is 15.2. The number of fused-ring (bicyclic) bond motifs is 2. The largest absolute Gasteiger partial charge is 0.491 e.